The maximum Gasteiger partial charge on any atom is 0.195 e. The molecule has 0 amide bonds. The highest BCUT2D eigenvalue weighted by Gasteiger charge is 2.15. The Morgan fingerprint density at radius 1 is 0.529 bits per heavy atom. The summed E-state index contributed by atoms with van der Waals surface area (Å²) < 4.78 is 3.75. The monoisotopic (exact) mass is 949 g/mol. The third kappa shape index (κ3) is 22.6. The maximum atomic E-state index is 12.6. The number of nitrogens with zero attached hydrogens (tertiary/aromatic N) is 8. The van der Waals surface area contributed by atoms with Crippen LogP contribution in [-0.2, 0) is 14.1 Å². The molecule has 0 fully saturated rings. The fourth-order valence-corrected chi connectivity index (χ4v) is 5.96. The minimum Gasteiger partial charge on any atom is -0.383 e. The second-order valence-electron chi connectivity index (χ2n) is 13.0. The third-order valence-corrected chi connectivity index (χ3v) is 8.50. The van der Waals surface area contributed by atoms with Crippen LogP contribution in [0.4, 0.5) is 0 Å². The molecule has 376 valence electrons. The molecule has 8 aromatic rings. The maximum absolute atomic E-state index is 12.6. The molecular formula is C59H84N10O. The van der Waals surface area contributed by atoms with Gasteiger partial charge in [0, 0.05) is 111 Å². The minimum atomic E-state index is 0.0144. The van der Waals surface area contributed by atoms with Gasteiger partial charge in [-0.15, -0.1) is 0 Å². The summed E-state index contributed by atoms with van der Waals surface area (Å²) >= 11 is 0. The first-order valence-corrected chi connectivity index (χ1v) is 24.5. The number of rotatable bonds is 8. The quantitative estimate of drug-likeness (QED) is 0.0661. The molecule has 3 aromatic carbocycles. The molecule has 0 bridgehead atoms. The number of pyridine rings is 3. The molecule has 0 aliphatic heterocycles. The summed E-state index contributed by atoms with van der Waals surface area (Å²) in [6.07, 6.45) is 16.4. The van der Waals surface area contributed by atoms with Crippen LogP contribution < -0.4 is 11.3 Å². The van der Waals surface area contributed by atoms with Gasteiger partial charge in [-0.1, -0.05) is 174 Å². The predicted molar refractivity (Wildman–Crippen MR) is 302 cm³/mol. The Kier molecular flexibility index (Phi) is 38.7. The molecule has 8 rings (SSSR count). The molecule has 11 heteroatoms. The fraction of sp³-hybridized carbons (Fsp3) is 0.288. The first-order chi connectivity index (χ1) is 34.3. The van der Waals surface area contributed by atoms with Gasteiger partial charge >= 0.3 is 0 Å². The van der Waals surface area contributed by atoms with Crippen molar-refractivity contribution < 1.29 is 4.79 Å². The summed E-state index contributed by atoms with van der Waals surface area (Å²) in [5, 5.41) is 8.92. The lowest BCUT2D eigenvalue weighted by molar-refractivity contribution is 0.105. The van der Waals surface area contributed by atoms with E-state index in [4.69, 9.17) is 0 Å². The first-order valence-electron chi connectivity index (χ1n) is 24.5. The Labute approximate surface area is 422 Å². The van der Waals surface area contributed by atoms with Gasteiger partial charge in [0.15, 0.2) is 5.78 Å². The minimum absolute atomic E-state index is 0.0144. The number of benzene rings is 3. The van der Waals surface area contributed by atoms with Gasteiger partial charge in [-0.05, 0) is 60.1 Å². The van der Waals surface area contributed by atoms with E-state index in [1.807, 2.05) is 247 Å². The van der Waals surface area contributed by atoms with E-state index >= 15 is 0 Å². The highest BCUT2D eigenvalue weighted by molar-refractivity contribution is 6.28. The lowest BCUT2D eigenvalue weighted by Gasteiger charge is -2.11. The smallest absolute Gasteiger partial charge is 0.195 e. The molecular weight excluding hydrogens is 865 g/mol. The van der Waals surface area contributed by atoms with Crippen molar-refractivity contribution in [2.75, 3.05) is 21.1 Å². The van der Waals surface area contributed by atoms with Crippen LogP contribution in [0.2, 0.25) is 0 Å². The predicted octanol–water partition coefficient (Wildman–Crippen LogP) is 14.4. The number of nitrogens with two attached hydrogens (primary N) is 1. The van der Waals surface area contributed by atoms with Gasteiger partial charge in [0.05, 0.1) is 11.9 Å². The zero-order valence-corrected chi connectivity index (χ0v) is 45.4. The van der Waals surface area contributed by atoms with Crippen molar-refractivity contribution >= 4 is 11.4 Å². The van der Waals surface area contributed by atoms with Crippen molar-refractivity contribution in [3.8, 4) is 44.8 Å². The van der Waals surface area contributed by atoms with Crippen LogP contribution >= 0.6 is 0 Å². The van der Waals surface area contributed by atoms with Crippen molar-refractivity contribution in [3.05, 3.63) is 194 Å². The molecule has 5 heterocycles. The van der Waals surface area contributed by atoms with E-state index in [9.17, 15) is 4.79 Å². The number of nitrogens with one attached hydrogen (secondary N) is 1. The Hall–Kier alpha value is -7.34. The van der Waals surface area contributed by atoms with Crippen LogP contribution in [0.25, 0.3) is 50.3 Å². The Morgan fingerprint density at radius 2 is 0.914 bits per heavy atom. The van der Waals surface area contributed by atoms with Gasteiger partial charge in [-0.3, -0.25) is 40.4 Å². The van der Waals surface area contributed by atoms with Crippen molar-refractivity contribution in [2.24, 2.45) is 19.9 Å². The number of allylic oxidation sites excluding steroid dienone is 1. The summed E-state index contributed by atoms with van der Waals surface area (Å²) in [6.45, 7) is 24.0. The summed E-state index contributed by atoms with van der Waals surface area (Å²) in [5.74, 6) is 4.61. The van der Waals surface area contributed by atoms with E-state index in [1.54, 1.807) is 44.2 Å². The van der Waals surface area contributed by atoms with Crippen LogP contribution in [0, 0.1) is 0 Å². The van der Waals surface area contributed by atoms with E-state index < -0.39 is 0 Å². The van der Waals surface area contributed by atoms with Crippen LogP contribution in [0.5, 0.6) is 0 Å². The second-order valence-corrected chi connectivity index (χ2v) is 13.0. The average Bonchev–Trinajstić information content (AvgIpc) is 4.05. The molecule has 11 nitrogen and oxygen atoms in total. The van der Waals surface area contributed by atoms with Crippen LogP contribution in [0.15, 0.2) is 183 Å². The third-order valence-electron chi connectivity index (χ3n) is 8.50. The van der Waals surface area contributed by atoms with Gasteiger partial charge in [0.1, 0.15) is 5.69 Å². The lowest BCUT2D eigenvalue weighted by Crippen LogP contribution is -2.13. The zero-order valence-electron chi connectivity index (χ0n) is 45.4. The van der Waals surface area contributed by atoms with E-state index in [2.05, 4.69) is 60.7 Å². The standard InChI is InChI=1S/C16H16N2O.2C15H13N3.6C2H6.CH6N2/c1-18(2)12-15(13-8-10-17-11-9-13)16(19)14-6-4-3-5-7-14;1-18-11-14(12-7-9-16-10-8-12)15(17-18)13-5-3-2-4-6-13;1-18-15(13-5-3-2-4-6-13)14(11-17-18)12-7-9-16-10-8-12;6*1-2;1-3-2/h3-12H,1-2H3;2*2-11H,1H3;6*1-2H3;3H,2H2,1H3/b15-12+;;;;;;;;;. The number of hydrazine groups is 1. The summed E-state index contributed by atoms with van der Waals surface area (Å²) in [7, 11) is 9.36. The Morgan fingerprint density at radius 3 is 1.34 bits per heavy atom. The zero-order chi connectivity index (χ0) is 53.1. The van der Waals surface area contributed by atoms with Crippen molar-refractivity contribution in [1.29, 1.82) is 0 Å². The molecule has 5 aromatic heterocycles. The van der Waals surface area contributed by atoms with E-state index in [0.717, 1.165) is 44.8 Å². The number of hydrogen-bond donors (Lipinski definition) is 2. The van der Waals surface area contributed by atoms with E-state index in [1.165, 1.54) is 5.56 Å². The number of hydrogen-bond acceptors (Lipinski definition) is 9. The summed E-state index contributed by atoms with van der Waals surface area (Å²) in [5.41, 5.74) is 13.4. The van der Waals surface area contributed by atoms with Crippen molar-refractivity contribution in [2.45, 2.75) is 83.1 Å². The number of carbonyl (C=O) groups excluding carboxylic acids is 1. The SMILES string of the molecule is CC.CC.CC.CC.CC.CC.CN(C)/C=C(/C(=O)c1ccccc1)c1ccncc1.CNN.Cn1cc(-c2ccncc2)c(-c2ccccc2)n1.Cn1ncc(-c2ccncc2)c1-c1ccccc1. The van der Waals surface area contributed by atoms with Crippen molar-refractivity contribution in [1.82, 2.24) is 44.8 Å². The first kappa shape index (κ1) is 64.7. The van der Waals surface area contributed by atoms with Crippen molar-refractivity contribution in [3.63, 3.8) is 0 Å². The number of aromatic nitrogens is 7. The molecule has 0 radical (unpaired) electrons. The molecule has 0 saturated heterocycles. The molecule has 70 heavy (non-hydrogen) atoms. The topological polar surface area (TPSA) is 133 Å². The molecule has 0 saturated carbocycles. The second kappa shape index (κ2) is 41.8. The van der Waals surface area contributed by atoms with E-state index in [0.29, 0.717) is 11.1 Å². The van der Waals surface area contributed by atoms with Gasteiger partial charge in [0.25, 0.3) is 0 Å². The van der Waals surface area contributed by atoms with Gasteiger partial charge < -0.3 is 4.90 Å². The normalized spacial score (nSPS) is 9.20. The highest BCUT2D eigenvalue weighted by Crippen LogP contribution is 2.32. The molecule has 3 N–H and O–H groups in total. The number of ketones is 1. The Balaban J connectivity index is 0. The molecule has 0 aliphatic rings. The van der Waals surface area contributed by atoms with Gasteiger partial charge in [-0.25, -0.2) is 0 Å². The number of Topliss-reactive ketones (excluding diaryl/α,β-unsaturated/α-hetero) is 1. The number of aryl methyl sites for hydroxylation is 2. The molecule has 0 spiro atoms. The summed E-state index contributed by atoms with van der Waals surface area (Å²) in [6, 6.07) is 41.5. The largest absolute Gasteiger partial charge is 0.383 e. The van der Waals surface area contributed by atoms with Gasteiger partial charge in [0.2, 0.25) is 0 Å². The number of carbonyl (C=O) groups is 1. The van der Waals surface area contributed by atoms with Crippen LogP contribution in [0.1, 0.15) is 99.0 Å². The molecule has 0 aliphatic carbocycles. The summed E-state index contributed by atoms with van der Waals surface area (Å²) in [4.78, 5) is 26.5. The molecule has 0 unspecified atom stereocenters. The Bertz CT molecular complexity index is 2330. The van der Waals surface area contributed by atoms with Gasteiger partial charge in [-0.2, -0.15) is 10.2 Å². The van der Waals surface area contributed by atoms with Crippen LogP contribution in [-0.4, -0.2) is 66.3 Å². The highest BCUT2D eigenvalue weighted by atomic mass is 16.1. The lowest BCUT2D eigenvalue weighted by atomic mass is 9.98. The molecule has 0 atom stereocenters. The fourth-order valence-electron chi connectivity index (χ4n) is 5.96. The van der Waals surface area contributed by atoms with Crippen LogP contribution in [0.3, 0.4) is 0 Å². The average molecular weight is 949 g/mol. The van der Waals surface area contributed by atoms with E-state index in [-0.39, 0.29) is 5.78 Å².